The van der Waals surface area contributed by atoms with Gasteiger partial charge in [-0.1, -0.05) is 0 Å². The summed E-state index contributed by atoms with van der Waals surface area (Å²) in [6.07, 6.45) is -1.90. The van der Waals surface area contributed by atoms with Crippen molar-refractivity contribution in [3.8, 4) is 6.07 Å². The maximum atomic E-state index is 9.40. The molecular formula is C12H16N4O4. The summed E-state index contributed by atoms with van der Waals surface area (Å²) in [5, 5.41) is 25.1. The summed E-state index contributed by atoms with van der Waals surface area (Å²) in [5.74, 6) is -0.642. The molecule has 8 nitrogen and oxygen atoms in total. The maximum Gasteiger partial charge on any atom is 0.164 e. The molecule has 2 aliphatic rings. The van der Waals surface area contributed by atoms with Gasteiger partial charge in [0.25, 0.3) is 0 Å². The second kappa shape index (κ2) is 4.43. The van der Waals surface area contributed by atoms with E-state index in [-0.39, 0.29) is 18.0 Å². The highest BCUT2D eigenvalue weighted by Gasteiger charge is 2.56. The molecule has 0 unspecified atom stereocenters. The molecule has 108 valence electrons. The second-order valence-electron chi connectivity index (χ2n) is 5.35. The number of nitrogens with one attached hydrogen (secondary N) is 1. The van der Waals surface area contributed by atoms with Crippen molar-refractivity contribution in [2.75, 3.05) is 12.3 Å². The predicted molar refractivity (Wildman–Crippen MR) is 66.2 cm³/mol. The van der Waals surface area contributed by atoms with Crippen LogP contribution >= 0.6 is 0 Å². The van der Waals surface area contributed by atoms with Gasteiger partial charge < -0.3 is 25.1 Å². The van der Waals surface area contributed by atoms with Crippen LogP contribution in [0.5, 0.6) is 0 Å². The van der Waals surface area contributed by atoms with E-state index in [0.29, 0.717) is 5.69 Å². The van der Waals surface area contributed by atoms with Crippen LogP contribution in [-0.4, -0.2) is 46.0 Å². The molecule has 0 aromatic carbocycles. The Morgan fingerprint density at radius 3 is 2.80 bits per heavy atom. The van der Waals surface area contributed by atoms with Crippen LogP contribution < -0.4 is 5.73 Å². The van der Waals surface area contributed by atoms with Gasteiger partial charge in [-0.2, -0.15) is 10.4 Å². The zero-order chi connectivity index (χ0) is 14.5. The first-order valence-electron chi connectivity index (χ1n) is 6.32. The summed E-state index contributed by atoms with van der Waals surface area (Å²) in [6.45, 7) is 3.40. The van der Waals surface area contributed by atoms with Crippen molar-refractivity contribution >= 4 is 5.82 Å². The van der Waals surface area contributed by atoms with Crippen molar-refractivity contribution in [1.82, 2.24) is 10.2 Å². The summed E-state index contributed by atoms with van der Waals surface area (Å²) >= 11 is 0. The maximum absolute atomic E-state index is 9.40. The summed E-state index contributed by atoms with van der Waals surface area (Å²) < 4.78 is 17.3. The van der Waals surface area contributed by atoms with Crippen molar-refractivity contribution in [3.63, 3.8) is 0 Å². The molecule has 4 atom stereocenters. The SMILES string of the molecule is CC1(C)O[C@@H]2[C@H](O1)[C@@H](c1[nH]nc(N)c1C#N)O[C@H]2CO. The summed E-state index contributed by atoms with van der Waals surface area (Å²) in [5.41, 5.74) is 6.33. The van der Waals surface area contributed by atoms with Crippen molar-refractivity contribution in [2.45, 2.75) is 44.1 Å². The molecule has 0 radical (unpaired) electrons. The number of H-pyrrole nitrogens is 1. The fraction of sp³-hybridized carbons (Fsp3) is 0.667. The van der Waals surface area contributed by atoms with E-state index in [0.717, 1.165) is 0 Å². The summed E-state index contributed by atoms with van der Waals surface area (Å²) in [6, 6.07) is 2.00. The topological polar surface area (TPSA) is 126 Å². The third-order valence-corrected chi connectivity index (χ3v) is 3.55. The first-order valence-corrected chi connectivity index (χ1v) is 6.32. The highest BCUT2D eigenvalue weighted by Crippen LogP contribution is 2.45. The Balaban J connectivity index is 1.96. The number of nitrogens with zero attached hydrogens (tertiary/aromatic N) is 2. The van der Waals surface area contributed by atoms with E-state index in [1.54, 1.807) is 13.8 Å². The number of rotatable bonds is 2. The zero-order valence-corrected chi connectivity index (χ0v) is 11.2. The standard InChI is InChI=1S/C12H16N4O4/c1-12(2)19-8-6(4-17)18-9(10(8)20-12)7-5(3-13)11(14)16-15-7/h6,8-10,17H,4H2,1-2H3,(H3,14,15,16)/t6-,8-,9+,10-/m0/s1. The Hall–Kier alpha value is -1.66. The van der Waals surface area contributed by atoms with Crippen molar-refractivity contribution < 1.29 is 19.3 Å². The lowest BCUT2D eigenvalue weighted by Gasteiger charge is -2.23. The third-order valence-electron chi connectivity index (χ3n) is 3.55. The molecule has 0 saturated carbocycles. The van der Waals surface area contributed by atoms with Crippen LogP contribution in [0, 0.1) is 11.3 Å². The van der Waals surface area contributed by atoms with Gasteiger partial charge in [0.1, 0.15) is 36.0 Å². The normalized spacial score (nSPS) is 34.9. The Bertz CT molecular complexity index is 564. The number of ether oxygens (including phenoxy) is 3. The van der Waals surface area contributed by atoms with E-state index < -0.39 is 30.2 Å². The number of aliphatic hydroxyl groups is 1. The van der Waals surface area contributed by atoms with Crippen LogP contribution in [0.4, 0.5) is 5.82 Å². The smallest absolute Gasteiger partial charge is 0.164 e. The van der Waals surface area contributed by atoms with Gasteiger partial charge in [-0.3, -0.25) is 5.10 Å². The number of aliphatic hydroxyl groups excluding tert-OH is 1. The van der Waals surface area contributed by atoms with E-state index in [1.807, 2.05) is 6.07 Å². The molecule has 3 heterocycles. The van der Waals surface area contributed by atoms with Crippen LogP contribution in [0.1, 0.15) is 31.2 Å². The summed E-state index contributed by atoms with van der Waals surface area (Å²) in [7, 11) is 0. The van der Waals surface area contributed by atoms with E-state index in [1.165, 1.54) is 0 Å². The number of hydrogen-bond donors (Lipinski definition) is 3. The Morgan fingerprint density at radius 1 is 1.45 bits per heavy atom. The van der Waals surface area contributed by atoms with E-state index >= 15 is 0 Å². The van der Waals surface area contributed by atoms with Crippen LogP contribution in [0.3, 0.4) is 0 Å². The Kier molecular flexibility index (Phi) is 2.95. The molecule has 2 saturated heterocycles. The highest BCUT2D eigenvalue weighted by molar-refractivity contribution is 5.52. The third kappa shape index (κ3) is 1.87. The van der Waals surface area contributed by atoms with Crippen molar-refractivity contribution in [1.29, 1.82) is 5.26 Å². The van der Waals surface area contributed by atoms with Gasteiger partial charge in [0.2, 0.25) is 0 Å². The largest absolute Gasteiger partial charge is 0.394 e. The van der Waals surface area contributed by atoms with Crippen molar-refractivity contribution in [3.05, 3.63) is 11.3 Å². The molecule has 0 spiro atoms. The lowest BCUT2D eigenvalue weighted by atomic mass is 10.0. The van der Waals surface area contributed by atoms with Crippen LogP contribution in [0.25, 0.3) is 0 Å². The Morgan fingerprint density at radius 2 is 2.15 bits per heavy atom. The number of nitriles is 1. The van der Waals surface area contributed by atoms with Gasteiger partial charge in [0.15, 0.2) is 11.6 Å². The average molecular weight is 280 g/mol. The fourth-order valence-electron chi connectivity index (χ4n) is 2.75. The van der Waals surface area contributed by atoms with Gasteiger partial charge in [0, 0.05) is 0 Å². The van der Waals surface area contributed by atoms with Crippen LogP contribution in [0.15, 0.2) is 0 Å². The molecule has 0 aliphatic carbocycles. The molecule has 0 amide bonds. The minimum Gasteiger partial charge on any atom is -0.394 e. The number of aromatic nitrogens is 2. The molecule has 2 aliphatic heterocycles. The number of nitrogen functional groups attached to an aromatic ring is 1. The van der Waals surface area contributed by atoms with Gasteiger partial charge in [-0.15, -0.1) is 0 Å². The number of anilines is 1. The predicted octanol–water partition coefficient (Wildman–Crippen LogP) is -0.184. The van der Waals surface area contributed by atoms with Crippen LogP contribution in [0.2, 0.25) is 0 Å². The molecular weight excluding hydrogens is 264 g/mol. The van der Waals surface area contributed by atoms with Crippen LogP contribution in [-0.2, 0) is 14.2 Å². The molecule has 1 aromatic rings. The lowest BCUT2D eigenvalue weighted by Crippen LogP contribution is -2.31. The first-order chi connectivity index (χ1) is 9.46. The van der Waals surface area contributed by atoms with E-state index in [4.69, 9.17) is 25.2 Å². The zero-order valence-electron chi connectivity index (χ0n) is 11.2. The van der Waals surface area contributed by atoms with Gasteiger partial charge in [-0.25, -0.2) is 0 Å². The molecule has 0 bridgehead atoms. The number of hydrogen-bond acceptors (Lipinski definition) is 7. The van der Waals surface area contributed by atoms with Crippen molar-refractivity contribution in [2.24, 2.45) is 0 Å². The molecule has 1 aromatic heterocycles. The Labute approximate surface area is 115 Å². The first kappa shape index (κ1) is 13.3. The van der Waals surface area contributed by atoms with E-state index in [9.17, 15) is 5.11 Å². The van der Waals surface area contributed by atoms with Gasteiger partial charge in [0.05, 0.1) is 12.3 Å². The number of nitrogens with two attached hydrogens (primary N) is 1. The number of aromatic amines is 1. The summed E-state index contributed by atoms with van der Waals surface area (Å²) in [4.78, 5) is 0. The minimum absolute atomic E-state index is 0.119. The highest BCUT2D eigenvalue weighted by atomic mass is 16.8. The van der Waals surface area contributed by atoms with E-state index in [2.05, 4.69) is 10.2 Å². The minimum atomic E-state index is -0.761. The molecule has 3 rings (SSSR count). The van der Waals surface area contributed by atoms with Gasteiger partial charge in [-0.05, 0) is 13.8 Å². The molecule has 20 heavy (non-hydrogen) atoms. The number of fused-ring (bicyclic) bond motifs is 1. The monoisotopic (exact) mass is 280 g/mol. The average Bonchev–Trinajstić information content (AvgIpc) is 2.99. The van der Waals surface area contributed by atoms with Gasteiger partial charge >= 0.3 is 0 Å². The second-order valence-corrected chi connectivity index (χ2v) is 5.35. The lowest BCUT2D eigenvalue weighted by molar-refractivity contribution is -0.191. The fourth-order valence-corrected chi connectivity index (χ4v) is 2.75. The molecule has 4 N–H and O–H groups in total. The quantitative estimate of drug-likeness (QED) is 0.685. The molecule has 2 fully saturated rings. The molecule has 8 heteroatoms.